The molecule has 1 atom stereocenters. The first kappa shape index (κ1) is 26.4. The third kappa shape index (κ3) is 5.36. The van der Waals surface area contributed by atoms with Crippen LogP contribution in [0.4, 0.5) is 26.3 Å². The summed E-state index contributed by atoms with van der Waals surface area (Å²) in [5, 5.41) is -0.892. The summed E-state index contributed by atoms with van der Waals surface area (Å²) in [5.41, 5.74) is -3.28. The highest BCUT2D eigenvalue weighted by atomic mass is 32.2. The number of sulfonamides is 1. The Bertz CT molecular complexity index is 1390. The molecule has 3 aromatic heterocycles. The number of halogens is 6. The van der Waals surface area contributed by atoms with Crippen LogP contribution in [0, 0.1) is 11.2 Å². The van der Waals surface area contributed by atoms with E-state index in [0.29, 0.717) is 12.8 Å². The van der Waals surface area contributed by atoms with Crippen molar-refractivity contribution in [1.82, 2.24) is 19.3 Å². The van der Waals surface area contributed by atoms with Gasteiger partial charge in [0.05, 0.1) is 5.25 Å². The van der Waals surface area contributed by atoms with Gasteiger partial charge < -0.3 is 4.57 Å². The van der Waals surface area contributed by atoms with Crippen LogP contribution >= 0.6 is 0 Å². The van der Waals surface area contributed by atoms with Crippen molar-refractivity contribution in [3.8, 4) is 11.3 Å². The fourth-order valence-electron chi connectivity index (χ4n) is 4.00. The summed E-state index contributed by atoms with van der Waals surface area (Å²) in [6.07, 6.45) is -5.19. The Morgan fingerprint density at radius 1 is 1.19 bits per heavy atom. The monoisotopic (exact) mass is 534 g/mol. The lowest BCUT2D eigenvalue weighted by Gasteiger charge is -2.20. The Morgan fingerprint density at radius 2 is 1.86 bits per heavy atom. The van der Waals surface area contributed by atoms with Crippen LogP contribution in [0.25, 0.3) is 22.3 Å². The average molecular weight is 535 g/mol. The standard InChI is InChI=1S/C23H24F6N4O2S/c1-22(2,3)11-33-10-15(18(20(25)26)32-36(34,35)12-6-7-12)14-9-16(24)17(31-21(14)33)13-5-4-8-30-19(13)23(27,28)29/h4-5,8-10,12,18,20,32H,6-7,11H2,1-3H3. The minimum atomic E-state index is -4.89. The molecule has 3 heterocycles. The minimum Gasteiger partial charge on any atom is -0.332 e. The van der Waals surface area contributed by atoms with Crippen molar-refractivity contribution in [2.45, 2.75) is 64.1 Å². The molecule has 0 radical (unpaired) electrons. The van der Waals surface area contributed by atoms with E-state index in [4.69, 9.17) is 0 Å². The highest BCUT2D eigenvalue weighted by Crippen LogP contribution is 2.39. The average Bonchev–Trinajstić information content (AvgIpc) is 3.55. The van der Waals surface area contributed by atoms with E-state index < -0.39 is 62.1 Å². The van der Waals surface area contributed by atoms with Gasteiger partial charge in [-0.05, 0) is 36.5 Å². The van der Waals surface area contributed by atoms with E-state index in [1.165, 1.54) is 16.8 Å². The van der Waals surface area contributed by atoms with Crippen molar-refractivity contribution in [3.63, 3.8) is 0 Å². The smallest absolute Gasteiger partial charge is 0.332 e. The molecule has 3 aromatic rings. The van der Waals surface area contributed by atoms with Crippen LogP contribution in [-0.4, -0.2) is 34.6 Å². The number of pyridine rings is 2. The van der Waals surface area contributed by atoms with Gasteiger partial charge in [-0.1, -0.05) is 20.8 Å². The van der Waals surface area contributed by atoms with Crippen LogP contribution in [-0.2, 0) is 22.7 Å². The number of hydrogen-bond donors (Lipinski definition) is 1. The molecule has 0 aliphatic heterocycles. The number of nitrogens with one attached hydrogen (secondary N) is 1. The Hall–Kier alpha value is -2.67. The van der Waals surface area contributed by atoms with Crippen molar-refractivity contribution in [3.05, 3.63) is 47.7 Å². The van der Waals surface area contributed by atoms with Gasteiger partial charge in [0.15, 0.2) is 5.69 Å². The largest absolute Gasteiger partial charge is 0.434 e. The first-order chi connectivity index (χ1) is 16.6. The van der Waals surface area contributed by atoms with Gasteiger partial charge >= 0.3 is 6.18 Å². The number of alkyl halides is 5. The predicted molar refractivity (Wildman–Crippen MR) is 121 cm³/mol. The molecule has 13 heteroatoms. The van der Waals surface area contributed by atoms with Crippen LogP contribution in [0.1, 0.15) is 50.9 Å². The molecule has 1 N–H and O–H groups in total. The molecular weight excluding hydrogens is 510 g/mol. The second kappa shape index (κ2) is 9.02. The molecule has 1 unspecified atom stereocenters. The Labute approximate surface area is 203 Å². The van der Waals surface area contributed by atoms with Crippen LogP contribution in [0.15, 0.2) is 30.6 Å². The van der Waals surface area contributed by atoms with E-state index in [-0.39, 0.29) is 23.1 Å². The molecule has 6 nitrogen and oxygen atoms in total. The van der Waals surface area contributed by atoms with Crippen molar-refractivity contribution < 1.29 is 34.8 Å². The molecule has 0 bridgehead atoms. The molecule has 0 amide bonds. The Morgan fingerprint density at radius 3 is 2.42 bits per heavy atom. The maximum absolute atomic E-state index is 15.2. The van der Waals surface area contributed by atoms with Crippen molar-refractivity contribution in [1.29, 1.82) is 0 Å². The second-order valence-electron chi connectivity index (χ2n) is 10.0. The SMILES string of the molecule is CC(C)(C)Cn1cc(C(NS(=O)(=O)C2CC2)C(F)F)c2cc(F)c(-c3cccnc3C(F)(F)F)nc21. The van der Waals surface area contributed by atoms with Crippen molar-refractivity contribution in [2.75, 3.05) is 0 Å². The van der Waals surface area contributed by atoms with Gasteiger partial charge in [0.1, 0.15) is 23.2 Å². The lowest BCUT2D eigenvalue weighted by atomic mass is 9.97. The van der Waals surface area contributed by atoms with Crippen LogP contribution in [0.5, 0.6) is 0 Å². The van der Waals surface area contributed by atoms with E-state index >= 15 is 4.39 Å². The minimum absolute atomic E-state index is 0.0513. The molecule has 4 rings (SSSR count). The first-order valence-corrected chi connectivity index (χ1v) is 12.6. The van der Waals surface area contributed by atoms with E-state index in [0.717, 1.165) is 18.3 Å². The van der Waals surface area contributed by atoms with E-state index in [2.05, 4.69) is 9.97 Å². The molecule has 1 saturated carbocycles. The van der Waals surface area contributed by atoms with Crippen molar-refractivity contribution in [2.24, 2.45) is 5.41 Å². The van der Waals surface area contributed by atoms with Gasteiger partial charge in [-0.15, -0.1) is 0 Å². The summed E-state index contributed by atoms with van der Waals surface area (Å²) >= 11 is 0. The van der Waals surface area contributed by atoms with Gasteiger partial charge in [-0.25, -0.2) is 31.3 Å². The van der Waals surface area contributed by atoms with Crippen LogP contribution < -0.4 is 4.72 Å². The quantitative estimate of drug-likeness (QED) is 0.395. The van der Waals surface area contributed by atoms with Gasteiger partial charge in [0.2, 0.25) is 10.0 Å². The lowest BCUT2D eigenvalue weighted by Crippen LogP contribution is -2.35. The molecule has 36 heavy (non-hydrogen) atoms. The number of hydrogen-bond acceptors (Lipinski definition) is 4. The molecule has 0 saturated heterocycles. The van der Waals surface area contributed by atoms with Crippen LogP contribution in [0.2, 0.25) is 0 Å². The number of aromatic nitrogens is 3. The fourth-order valence-corrected chi connectivity index (χ4v) is 5.53. The number of fused-ring (bicyclic) bond motifs is 1. The summed E-state index contributed by atoms with van der Waals surface area (Å²) in [6.45, 7) is 5.71. The molecule has 0 aromatic carbocycles. The summed E-state index contributed by atoms with van der Waals surface area (Å²) in [5.74, 6) is -1.19. The Kier molecular flexibility index (Phi) is 6.61. The zero-order valence-corrected chi connectivity index (χ0v) is 20.4. The molecule has 0 spiro atoms. The second-order valence-corrected chi connectivity index (χ2v) is 12.0. The van der Waals surface area contributed by atoms with Gasteiger partial charge in [-0.3, -0.25) is 4.98 Å². The number of rotatable bonds is 7. The summed E-state index contributed by atoms with van der Waals surface area (Å²) in [4.78, 5) is 7.47. The third-order valence-corrected chi connectivity index (χ3v) is 7.58. The summed E-state index contributed by atoms with van der Waals surface area (Å²) in [6, 6.07) is 1.06. The predicted octanol–water partition coefficient (Wildman–Crippen LogP) is 5.69. The summed E-state index contributed by atoms with van der Waals surface area (Å²) < 4.78 is 112. The van der Waals surface area contributed by atoms with Crippen LogP contribution in [0.3, 0.4) is 0 Å². The third-order valence-electron chi connectivity index (χ3n) is 5.65. The molecule has 196 valence electrons. The van der Waals surface area contributed by atoms with Gasteiger partial charge in [-0.2, -0.15) is 13.2 Å². The summed E-state index contributed by atoms with van der Waals surface area (Å²) in [7, 11) is -4.04. The normalized spacial score (nSPS) is 16.2. The fraction of sp³-hybridized carbons (Fsp3) is 0.478. The zero-order chi connectivity index (χ0) is 26.6. The lowest BCUT2D eigenvalue weighted by molar-refractivity contribution is -0.140. The van der Waals surface area contributed by atoms with E-state index in [1.54, 1.807) is 0 Å². The van der Waals surface area contributed by atoms with E-state index in [9.17, 15) is 30.4 Å². The van der Waals surface area contributed by atoms with Gasteiger partial charge in [0.25, 0.3) is 6.43 Å². The number of nitrogens with zero attached hydrogens (tertiary/aromatic N) is 3. The molecule has 1 aliphatic carbocycles. The highest BCUT2D eigenvalue weighted by Gasteiger charge is 2.41. The topological polar surface area (TPSA) is 76.9 Å². The van der Waals surface area contributed by atoms with Crippen molar-refractivity contribution >= 4 is 21.1 Å². The molecule has 1 aliphatic rings. The zero-order valence-electron chi connectivity index (χ0n) is 19.6. The van der Waals surface area contributed by atoms with Gasteiger partial charge in [0, 0.05) is 35.5 Å². The van der Waals surface area contributed by atoms with E-state index in [1.807, 2.05) is 25.5 Å². The Balaban J connectivity index is 1.94. The molecule has 1 fully saturated rings. The molecular formula is C23H24F6N4O2S. The maximum Gasteiger partial charge on any atom is 0.434 e. The highest BCUT2D eigenvalue weighted by molar-refractivity contribution is 7.90. The maximum atomic E-state index is 15.2. The first-order valence-electron chi connectivity index (χ1n) is 11.1.